The molecular formula is C24H25FN2O4S2. The summed E-state index contributed by atoms with van der Waals surface area (Å²) < 4.78 is 23.1. The number of aryl methyl sites for hydroxylation is 2. The van der Waals surface area contributed by atoms with Crippen molar-refractivity contribution in [3.63, 3.8) is 0 Å². The maximum Gasteiger partial charge on any atom is 0.336 e. The number of ether oxygens (including phenoxy) is 1. The van der Waals surface area contributed by atoms with E-state index < -0.39 is 5.97 Å². The van der Waals surface area contributed by atoms with Gasteiger partial charge in [0.2, 0.25) is 0 Å². The zero-order chi connectivity index (χ0) is 24.0. The van der Waals surface area contributed by atoms with Crippen molar-refractivity contribution in [3.05, 3.63) is 82.7 Å². The summed E-state index contributed by atoms with van der Waals surface area (Å²) in [6.45, 7) is 5.86. The molecule has 0 aliphatic heterocycles. The SMILES string of the molecule is Cc1cc(Oc2ccc(SCCNSN(O)c3cc(C)c(C)c(C(=O)O)c3)cc2)ccc1F. The van der Waals surface area contributed by atoms with Crippen LogP contribution in [0.5, 0.6) is 11.5 Å². The van der Waals surface area contributed by atoms with Crippen LogP contribution in [0.1, 0.15) is 27.0 Å². The van der Waals surface area contributed by atoms with Crippen molar-refractivity contribution in [1.82, 2.24) is 4.72 Å². The third-order valence-electron chi connectivity index (χ3n) is 4.92. The normalized spacial score (nSPS) is 10.8. The lowest BCUT2D eigenvalue weighted by Crippen LogP contribution is -2.19. The fraction of sp³-hybridized carbons (Fsp3) is 0.208. The zero-order valence-corrected chi connectivity index (χ0v) is 20.1. The van der Waals surface area contributed by atoms with Crippen molar-refractivity contribution < 1.29 is 24.2 Å². The molecule has 9 heteroatoms. The summed E-state index contributed by atoms with van der Waals surface area (Å²) in [4.78, 5) is 12.4. The average Bonchev–Trinajstić information content (AvgIpc) is 2.78. The number of hydrogen-bond donors (Lipinski definition) is 3. The Balaban J connectivity index is 1.44. The maximum absolute atomic E-state index is 13.4. The van der Waals surface area contributed by atoms with Crippen LogP contribution in [0, 0.1) is 26.6 Å². The number of carboxylic acid groups (broad SMARTS) is 1. The highest BCUT2D eigenvalue weighted by atomic mass is 32.2. The van der Waals surface area contributed by atoms with Crippen LogP contribution in [0.3, 0.4) is 0 Å². The van der Waals surface area contributed by atoms with Crippen molar-refractivity contribution in [2.75, 3.05) is 16.8 Å². The van der Waals surface area contributed by atoms with Gasteiger partial charge in [0.05, 0.1) is 23.4 Å². The predicted molar refractivity (Wildman–Crippen MR) is 131 cm³/mol. The summed E-state index contributed by atoms with van der Waals surface area (Å²) in [6, 6.07) is 15.4. The fourth-order valence-corrected chi connectivity index (χ4v) is 4.39. The van der Waals surface area contributed by atoms with Gasteiger partial charge in [-0.25, -0.2) is 13.9 Å². The number of nitrogens with one attached hydrogen (secondary N) is 1. The highest BCUT2D eigenvalue weighted by molar-refractivity contribution is 7.99. The molecule has 3 rings (SSSR count). The fourth-order valence-electron chi connectivity index (χ4n) is 2.96. The molecule has 0 aromatic heterocycles. The first-order valence-corrected chi connectivity index (χ1v) is 11.9. The number of rotatable bonds is 10. The Morgan fingerprint density at radius 3 is 2.39 bits per heavy atom. The molecule has 3 aromatic carbocycles. The number of halogens is 1. The lowest BCUT2D eigenvalue weighted by molar-refractivity contribution is 0.0696. The number of carbonyl (C=O) groups is 1. The average molecular weight is 489 g/mol. The van der Waals surface area contributed by atoms with E-state index in [4.69, 9.17) is 4.74 Å². The molecule has 3 aromatic rings. The van der Waals surface area contributed by atoms with Gasteiger partial charge in [0.1, 0.15) is 17.3 Å². The molecule has 0 fully saturated rings. The van der Waals surface area contributed by atoms with E-state index in [0.29, 0.717) is 34.9 Å². The number of thioether (sulfide) groups is 1. The van der Waals surface area contributed by atoms with E-state index in [9.17, 15) is 19.5 Å². The number of aromatic carboxylic acids is 1. The van der Waals surface area contributed by atoms with Gasteiger partial charge in [0, 0.05) is 17.2 Å². The van der Waals surface area contributed by atoms with Crippen LogP contribution >= 0.6 is 23.9 Å². The number of anilines is 1. The molecule has 0 unspecified atom stereocenters. The van der Waals surface area contributed by atoms with E-state index in [1.54, 1.807) is 43.8 Å². The summed E-state index contributed by atoms with van der Waals surface area (Å²) in [5.41, 5.74) is 2.57. The molecule has 0 amide bonds. The third-order valence-corrected chi connectivity index (χ3v) is 6.65. The second-order valence-corrected chi connectivity index (χ2v) is 9.32. The molecule has 0 bridgehead atoms. The van der Waals surface area contributed by atoms with Crippen LogP contribution in [-0.2, 0) is 0 Å². The van der Waals surface area contributed by atoms with E-state index in [2.05, 4.69) is 4.72 Å². The first-order chi connectivity index (χ1) is 15.7. The second-order valence-electron chi connectivity index (χ2n) is 7.33. The molecule has 3 N–H and O–H groups in total. The predicted octanol–water partition coefficient (Wildman–Crippen LogP) is 6.38. The lowest BCUT2D eigenvalue weighted by atomic mass is 10.0. The molecule has 0 spiro atoms. The first kappa shape index (κ1) is 24.9. The van der Waals surface area contributed by atoms with Crippen molar-refractivity contribution >= 4 is 35.6 Å². The Bertz CT molecular complexity index is 1130. The minimum absolute atomic E-state index is 0.169. The maximum atomic E-state index is 13.4. The number of nitrogens with zero attached hydrogens (tertiary/aromatic N) is 1. The smallest absolute Gasteiger partial charge is 0.336 e. The van der Waals surface area contributed by atoms with Crippen LogP contribution in [0.25, 0.3) is 0 Å². The Kier molecular flexibility index (Phi) is 8.62. The van der Waals surface area contributed by atoms with Gasteiger partial charge in [0.15, 0.2) is 0 Å². The molecule has 174 valence electrons. The Labute approximate surface area is 201 Å². The molecule has 6 nitrogen and oxygen atoms in total. The van der Waals surface area contributed by atoms with Crippen LogP contribution < -0.4 is 13.9 Å². The van der Waals surface area contributed by atoms with E-state index in [1.165, 1.54) is 12.1 Å². The molecule has 0 saturated heterocycles. The summed E-state index contributed by atoms with van der Waals surface area (Å²) in [5, 5.41) is 19.6. The largest absolute Gasteiger partial charge is 0.478 e. The molecule has 0 saturated carbocycles. The van der Waals surface area contributed by atoms with Crippen LogP contribution in [0.15, 0.2) is 59.5 Å². The lowest BCUT2D eigenvalue weighted by Gasteiger charge is -2.18. The Morgan fingerprint density at radius 1 is 1.03 bits per heavy atom. The van der Waals surface area contributed by atoms with E-state index in [-0.39, 0.29) is 11.4 Å². The zero-order valence-electron chi connectivity index (χ0n) is 18.5. The minimum atomic E-state index is -1.02. The summed E-state index contributed by atoms with van der Waals surface area (Å²) >= 11 is 2.63. The molecular weight excluding hydrogens is 463 g/mol. The van der Waals surface area contributed by atoms with E-state index in [1.807, 2.05) is 31.2 Å². The molecule has 0 radical (unpaired) electrons. The first-order valence-electron chi connectivity index (χ1n) is 10.1. The van der Waals surface area contributed by atoms with Gasteiger partial charge in [0.25, 0.3) is 0 Å². The second kappa shape index (κ2) is 11.4. The van der Waals surface area contributed by atoms with Gasteiger partial charge in [-0.3, -0.25) is 5.21 Å². The van der Waals surface area contributed by atoms with Gasteiger partial charge in [-0.2, -0.15) is 4.47 Å². The summed E-state index contributed by atoms with van der Waals surface area (Å²) in [6.07, 6.45) is 0. The van der Waals surface area contributed by atoms with Gasteiger partial charge < -0.3 is 9.84 Å². The quantitative estimate of drug-likeness (QED) is 0.131. The highest BCUT2D eigenvalue weighted by Gasteiger charge is 2.14. The molecule has 0 heterocycles. The van der Waals surface area contributed by atoms with Crippen molar-refractivity contribution in [2.45, 2.75) is 25.7 Å². The topological polar surface area (TPSA) is 82.0 Å². The van der Waals surface area contributed by atoms with Gasteiger partial charge in [-0.1, -0.05) is 0 Å². The number of benzene rings is 3. The standard InChI is InChI=1S/C24H25FN2O4S2/c1-15-12-18(14-22(17(15)3)24(28)29)27(30)33-26-10-11-32-21-7-4-19(5-8-21)31-20-6-9-23(25)16(2)13-20/h4-9,12-14,26,30H,10-11H2,1-3H3,(H,28,29). The summed E-state index contributed by atoms with van der Waals surface area (Å²) in [7, 11) is 0. The minimum Gasteiger partial charge on any atom is -0.478 e. The Morgan fingerprint density at radius 2 is 1.73 bits per heavy atom. The van der Waals surface area contributed by atoms with E-state index >= 15 is 0 Å². The molecule has 33 heavy (non-hydrogen) atoms. The van der Waals surface area contributed by atoms with Crippen LogP contribution in [0.4, 0.5) is 10.1 Å². The summed E-state index contributed by atoms with van der Waals surface area (Å²) in [5.74, 6) is 0.729. The molecule has 0 aliphatic rings. The molecule has 0 atom stereocenters. The van der Waals surface area contributed by atoms with Gasteiger partial charge in [-0.05, 0) is 92.1 Å². The van der Waals surface area contributed by atoms with E-state index in [0.717, 1.165) is 32.8 Å². The van der Waals surface area contributed by atoms with Crippen LogP contribution in [-0.4, -0.2) is 28.6 Å². The third kappa shape index (κ3) is 6.88. The molecule has 0 aliphatic carbocycles. The van der Waals surface area contributed by atoms with Gasteiger partial charge >= 0.3 is 5.97 Å². The monoisotopic (exact) mass is 488 g/mol. The highest BCUT2D eigenvalue weighted by Crippen LogP contribution is 2.27. The van der Waals surface area contributed by atoms with Gasteiger partial charge in [-0.15, -0.1) is 11.8 Å². The number of carboxylic acids is 1. The van der Waals surface area contributed by atoms with Crippen molar-refractivity contribution in [1.29, 1.82) is 0 Å². The van der Waals surface area contributed by atoms with Crippen molar-refractivity contribution in [2.24, 2.45) is 0 Å². The van der Waals surface area contributed by atoms with Crippen molar-refractivity contribution in [3.8, 4) is 11.5 Å². The van der Waals surface area contributed by atoms with Crippen LogP contribution in [0.2, 0.25) is 0 Å². The Hall–Kier alpha value is -2.72. The number of hydrogen-bond acceptors (Lipinski definition) is 7.